The first kappa shape index (κ1) is 16.6. The maximum atomic E-state index is 13.7. The minimum absolute atomic E-state index is 0.112. The highest BCUT2D eigenvalue weighted by Crippen LogP contribution is 2.33. The standard InChI is InChI=1S/C12H10F5NO4/c13-7-2-6(12(15,16)17)8(14)1-5(7)11(21)18-3-9(19)10(20)4-22-18/h1-2,9-10,19-20H,3-4H2/t9-,10+/m0/s1. The van der Waals surface area contributed by atoms with Gasteiger partial charge >= 0.3 is 6.18 Å². The molecule has 0 unspecified atom stereocenters. The topological polar surface area (TPSA) is 70.0 Å². The Labute approximate surface area is 120 Å². The van der Waals surface area contributed by atoms with Crippen molar-refractivity contribution in [3.63, 3.8) is 0 Å². The second-order valence-electron chi connectivity index (χ2n) is 4.61. The van der Waals surface area contributed by atoms with E-state index in [1.165, 1.54) is 0 Å². The molecule has 1 amide bonds. The number of nitrogens with zero attached hydrogens (tertiary/aromatic N) is 1. The molecule has 1 aromatic rings. The Morgan fingerprint density at radius 1 is 1.18 bits per heavy atom. The van der Waals surface area contributed by atoms with Crippen LogP contribution in [0, 0.1) is 11.6 Å². The number of benzene rings is 1. The van der Waals surface area contributed by atoms with Crippen LogP contribution in [0.3, 0.4) is 0 Å². The molecule has 1 fully saturated rings. The van der Waals surface area contributed by atoms with Gasteiger partial charge < -0.3 is 10.2 Å². The molecule has 0 aromatic heterocycles. The Balaban J connectivity index is 2.29. The van der Waals surface area contributed by atoms with Crippen LogP contribution in [0.5, 0.6) is 0 Å². The molecule has 0 bridgehead atoms. The van der Waals surface area contributed by atoms with E-state index in [-0.39, 0.29) is 12.1 Å². The second-order valence-corrected chi connectivity index (χ2v) is 4.61. The number of hydrogen-bond acceptors (Lipinski definition) is 4. The number of carbonyl (C=O) groups excluding carboxylic acids is 1. The number of alkyl halides is 3. The second kappa shape index (κ2) is 5.78. The third kappa shape index (κ3) is 3.18. The van der Waals surface area contributed by atoms with Crippen molar-refractivity contribution in [2.45, 2.75) is 18.4 Å². The molecule has 1 aliphatic heterocycles. The normalized spacial score (nSPS) is 22.8. The number of hydroxylamine groups is 2. The summed E-state index contributed by atoms with van der Waals surface area (Å²) in [6.45, 7) is -1.01. The van der Waals surface area contributed by atoms with Gasteiger partial charge in [0.15, 0.2) is 0 Å². The van der Waals surface area contributed by atoms with Gasteiger partial charge in [0.25, 0.3) is 5.91 Å². The predicted octanol–water partition coefficient (Wildman–Crippen LogP) is 1.09. The Morgan fingerprint density at radius 2 is 1.82 bits per heavy atom. The summed E-state index contributed by atoms with van der Waals surface area (Å²) >= 11 is 0. The first-order valence-corrected chi connectivity index (χ1v) is 5.98. The molecule has 2 atom stereocenters. The first-order valence-electron chi connectivity index (χ1n) is 5.98. The molecular formula is C12H10F5NO4. The van der Waals surface area contributed by atoms with Crippen molar-refractivity contribution < 1.29 is 41.8 Å². The lowest BCUT2D eigenvalue weighted by Gasteiger charge is -2.32. The zero-order valence-corrected chi connectivity index (χ0v) is 10.8. The molecule has 2 rings (SSSR count). The third-order valence-corrected chi connectivity index (χ3v) is 3.02. The fraction of sp³-hybridized carbons (Fsp3) is 0.417. The molecule has 5 nitrogen and oxygen atoms in total. The van der Waals surface area contributed by atoms with Crippen molar-refractivity contribution in [1.82, 2.24) is 5.06 Å². The van der Waals surface area contributed by atoms with Crippen LogP contribution in [-0.2, 0) is 11.0 Å². The van der Waals surface area contributed by atoms with Crippen LogP contribution >= 0.6 is 0 Å². The largest absolute Gasteiger partial charge is 0.419 e. The lowest BCUT2D eigenvalue weighted by molar-refractivity contribution is -0.212. The van der Waals surface area contributed by atoms with Crippen LogP contribution in [0.4, 0.5) is 22.0 Å². The monoisotopic (exact) mass is 327 g/mol. The van der Waals surface area contributed by atoms with Crippen molar-refractivity contribution in [1.29, 1.82) is 0 Å². The minimum Gasteiger partial charge on any atom is -0.388 e. The Bertz CT molecular complexity index is 592. The number of halogens is 5. The number of β-amino-alcohol motifs (C(OH)–C–C–N with tert-alkyl or cyclic N) is 1. The number of amides is 1. The van der Waals surface area contributed by atoms with Gasteiger partial charge in [-0.05, 0) is 12.1 Å². The number of carbonyl (C=O) groups is 1. The van der Waals surface area contributed by atoms with Crippen LogP contribution in [0.25, 0.3) is 0 Å². The zero-order chi connectivity index (χ0) is 16.7. The first-order chi connectivity index (χ1) is 10.1. The van der Waals surface area contributed by atoms with Crippen LogP contribution in [0.15, 0.2) is 12.1 Å². The number of aliphatic hydroxyl groups excluding tert-OH is 2. The van der Waals surface area contributed by atoms with E-state index in [1.54, 1.807) is 0 Å². The average molecular weight is 327 g/mol. The fourth-order valence-electron chi connectivity index (χ4n) is 1.83. The van der Waals surface area contributed by atoms with Gasteiger partial charge in [0.1, 0.15) is 30.4 Å². The molecule has 10 heteroatoms. The van der Waals surface area contributed by atoms with Crippen molar-refractivity contribution in [3.8, 4) is 0 Å². The van der Waals surface area contributed by atoms with Gasteiger partial charge in [-0.2, -0.15) is 13.2 Å². The SMILES string of the molecule is O=C(c1cc(F)c(C(F)(F)F)cc1F)N1C[C@H](O)[C@H](O)CO1. The van der Waals surface area contributed by atoms with E-state index in [4.69, 9.17) is 4.84 Å². The van der Waals surface area contributed by atoms with Crippen molar-refractivity contribution in [2.24, 2.45) is 0 Å². The molecule has 122 valence electrons. The molecule has 1 aliphatic rings. The predicted molar refractivity (Wildman–Crippen MR) is 60.4 cm³/mol. The minimum atomic E-state index is -5.10. The van der Waals surface area contributed by atoms with E-state index >= 15 is 0 Å². The van der Waals surface area contributed by atoms with Gasteiger partial charge in [-0.1, -0.05) is 0 Å². The van der Waals surface area contributed by atoms with Crippen molar-refractivity contribution in [2.75, 3.05) is 13.2 Å². The molecule has 22 heavy (non-hydrogen) atoms. The number of hydrogen-bond donors (Lipinski definition) is 2. The van der Waals surface area contributed by atoms with Crippen LogP contribution < -0.4 is 0 Å². The average Bonchev–Trinajstić information content (AvgIpc) is 2.42. The highest BCUT2D eigenvalue weighted by atomic mass is 19.4. The summed E-state index contributed by atoms with van der Waals surface area (Å²) in [7, 11) is 0. The maximum absolute atomic E-state index is 13.7. The van der Waals surface area contributed by atoms with Gasteiger partial charge in [0, 0.05) is 0 Å². The van der Waals surface area contributed by atoms with Gasteiger partial charge in [-0.15, -0.1) is 0 Å². The van der Waals surface area contributed by atoms with Crippen LogP contribution in [0.1, 0.15) is 15.9 Å². The molecule has 0 saturated carbocycles. The highest BCUT2D eigenvalue weighted by molar-refractivity contribution is 5.94. The molecular weight excluding hydrogens is 317 g/mol. The molecule has 0 aliphatic carbocycles. The smallest absolute Gasteiger partial charge is 0.388 e. The quantitative estimate of drug-likeness (QED) is 0.758. The summed E-state index contributed by atoms with van der Waals surface area (Å²) in [6.07, 6.45) is -7.74. The lowest BCUT2D eigenvalue weighted by Crippen LogP contribution is -2.50. The molecule has 1 aromatic carbocycles. The fourth-order valence-corrected chi connectivity index (χ4v) is 1.83. The van der Waals surface area contributed by atoms with Crippen molar-refractivity contribution >= 4 is 5.91 Å². The molecule has 2 N–H and O–H groups in total. The Kier molecular flexibility index (Phi) is 4.36. The number of aliphatic hydroxyl groups is 2. The van der Waals surface area contributed by atoms with E-state index in [2.05, 4.69) is 0 Å². The van der Waals surface area contributed by atoms with E-state index in [0.717, 1.165) is 0 Å². The molecule has 1 heterocycles. The lowest BCUT2D eigenvalue weighted by atomic mass is 10.1. The maximum Gasteiger partial charge on any atom is 0.419 e. The summed E-state index contributed by atoms with van der Waals surface area (Å²) in [5.74, 6) is -4.66. The van der Waals surface area contributed by atoms with E-state index < -0.39 is 60.2 Å². The van der Waals surface area contributed by atoms with Crippen LogP contribution in [0.2, 0.25) is 0 Å². The number of rotatable bonds is 1. The summed E-state index contributed by atoms with van der Waals surface area (Å²) in [5.41, 5.74) is -2.81. The van der Waals surface area contributed by atoms with E-state index in [1.807, 2.05) is 0 Å². The summed E-state index contributed by atoms with van der Waals surface area (Å²) < 4.78 is 64.3. The van der Waals surface area contributed by atoms with Crippen molar-refractivity contribution in [3.05, 3.63) is 34.9 Å². The molecule has 0 radical (unpaired) electrons. The summed E-state index contributed by atoms with van der Waals surface area (Å²) in [6, 6.07) is -0.0148. The summed E-state index contributed by atoms with van der Waals surface area (Å²) in [4.78, 5) is 16.6. The van der Waals surface area contributed by atoms with Gasteiger partial charge in [-0.3, -0.25) is 9.63 Å². The van der Waals surface area contributed by atoms with E-state index in [9.17, 15) is 37.0 Å². The highest BCUT2D eigenvalue weighted by Gasteiger charge is 2.37. The Morgan fingerprint density at radius 3 is 2.36 bits per heavy atom. The summed E-state index contributed by atoms with van der Waals surface area (Å²) in [5, 5.41) is 19.0. The Hall–Kier alpha value is -1.78. The third-order valence-electron chi connectivity index (χ3n) is 3.02. The van der Waals surface area contributed by atoms with Gasteiger partial charge in [-0.25, -0.2) is 13.8 Å². The molecule has 0 spiro atoms. The zero-order valence-electron chi connectivity index (χ0n) is 10.8. The van der Waals surface area contributed by atoms with E-state index in [0.29, 0.717) is 5.06 Å². The van der Waals surface area contributed by atoms with Gasteiger partial charge in [0.2, 0.25) is 0 Å². The van der Waals surface area contributed by atoms with Crippen LogP contribution in [-0.4, -0.2) is 46.5 Å². The molecule has 1 saturated heterocycles. The van der Waals surface area contributed by atoms with Gasteiger partial charge in [0.05, 0.1) is 17.7 Å².